The van der Waals surface area contributed by atoms with Crippen LogP contribution in [0.25, 0.3) is 0 Å². The second-order valence-corrected chi connectivity index (χ2v) is 4.27. The van der Waals surface area contributed by atoms with Crippen molar-refractivity contribution >= 4 is 17.3 Å². The summed E-state index contributed by atoms with van der Waals surface area (Å²) in [5.41, 5.74) is 1.89. The lowest BCUT2D eigenvalue weighted by molar-refractivity contribution is -0.119. The highest BCUT2D eigenvalue weighted by atomic mass is 16.3. The third-order valence-electron chi connectivity index (χ3n) is 2.99. The number of carbonyl (C=O) groups is 1. The molecule has 0 bridgehead atoms. The highest BCUT2D eigenvalue weighted by Gasteiger charge is 2.22. The van der Waals surface area contributed by atoms with E-state index in [1.54, 1.807) is 25.1 Å². The maximum Gasteiger partial charge on any atom is 0.228 e. The van der Waals surface area contributed by atoms with E-state index in [-0.39, 0.29) is 11.8 Å². The zero-order chi connectivity index (χ0) is 12.3. The van der Waals surface area contributed by atoms with Gasteiger partial charge in [-0.25, -0.2) is 0 Å². The Morgan fingerprint density at radius 1 is 1.53 bits per heavy atom. The zero-order valence-corrected chi connectivity index (χ0v) is 9.69. The van der Waals surface area contributed by atoms with Crippen LogP contribution in [0.15, 0.2) is 23.4 Å². The van der Waals surface area contributed by atoms with Crippen LogP contribution in [0.5, 0.6) is 0 Å². The van der Waals surface area contributed by atoms with E-state index in [0.29, 0.717) is 11.4 Å². The van der Waals surface area contributed by atoms with E-state index in [0.717, 1.165) is 25.1 Å². The van der Waals surface area contributed by atoms with Gasteiger partial charge in [0.25, 0.3) is 0 Å². The fourth-order valence-electron chi connectivity index (χ4n) is 1.96. The lowest BCUT2D eigenvalue weighted by Crippen LogP contribution is -2.24. The van der Waals surface area contributed by atoms with Crippen LogP contribution < -0.4 is 10.6 Å². The summed E-state index contributed by atoms with van der Waals surface area (Å²) in [6.45, 7) is 3.42. The fourth-order valence-corrected chi connectivity index (χ4v) is 1.96. The van der Waals surface area contributed by atoms with Crippen molar-refractivity contribution in [2.75, 3.05) is 18.4 Å². The lowest BCUT2D eigenvalue weighted by atomic mass is 10.1. The van der Waals surface area contributed by atoms with Gasteiger partial charge in [0.1, 0.15) is 5.69 Å². The molecule has 2 rings (SSSR count). The Labute approximate surface area is 99.6 Å². The Morgan fingerprint density at radius 2 is 2.35 bits per heavy atom. The predicted octanol–water partition coefficient (Wildman–Crippen LogP) is 1.94. The van der Waals surface area contributed by atoms with Crippen molar-refractivity contribution in [3.8, 4) is 0 Å². The number of aryl methyl sites for hydroxylation is 1. The monoisotopic (exact) mass is 233 g/mol. The van der Waals surface area contributed by atoms with Crippen LogP contribution in [-0.2, 0) is 4.79 Å². The largest absolute Gasteiger partial charge is 0.326 e. The Morgan fingerprint density at radius 3 is 2.94 bits per heavy atom. The molecule has 0 aliphatic carbocycles. The van der Waals surface area contributed by atoms with E-state index in [9.17, 15) is 9.70 Å². The highest BCUT2D eigenvalue weighted by Crippen LogP contribution is 2.22. The first-order valence-corrected chi connectivity index (χ1v) is 5.66. The van der Waals surface area contributed by atoms with Gasteiger partial charge < -0.3 is 10.6 Å². The summed E-state index contributed by atoms with van der Waals surface area (Å²) in [6, 6.07) is 5.08. The second kappa shape index (κ2) is 5.05. The summed E-state index contributed by atoms with van der Waals surface area (Å²) in [6.07, 6.45) is 0.874. The quantitative estimate of drug-likeness (QED) is 0.784. The number of rotatable bonds is 3. The second-order valence-electron chi connectivity index (χ2n) is 4.27. The first-order chi connectivity index (χ1) is 8.20. The molecule has 5 nitrogen and oxygen atoms in total. The van der Waals surface area contributed by atoms with Crippen LogP contribution in [0.2, 0.25) is 0 Å². The Balaban J connectivity index is 2.05. The van der Waals surface area contributed by atoms with Gasteiger partial charge in [-0.15, -0.1) is 4.91 Å². The summed E-state index contributed by atoms with van der Waals surface area (Å²) in [5.74, 6) is 0.0698. The number of benzene rings is 1. The molecule has 1 aromatic carbocycles. The molecule has 0 spiro atoms. The average Bonchev–Trinajstić information content (AvgIpc) is 2.82. The minimum atomic E-state index is 0.0289. The van der Waals surface area contributed by atoms with Crippen molar-refractivity contribution in [2.24, 2.45) is 11.1 Å². The maximum atomic E-state index is 11.8. The average molecular weight is 233 g/mol. The molecule has 1 aliphatic rings. The van der Waals surface area contributed by atoms with Gasteiger partial charge >= 0.3 is 0 Å². The first kappa shape index (κ1) is 11.7. The standard InChI is InChI=1S/C12H15N3O2/c1-8-6-10(2-3-11(8)15-17)14-12(16)9-4-5-13-7-9/h2-3,6,9,13H,4-5,7H2,1H3,(H,14,16). The van der Waals surface area contributed by atoms with Crippen LogP contribution in [0.3, 0.4) is 0 Å². The Kier molecular flexibility index (Phi) is 3.49. The van der Waals surface area contributed by atoms with E-state index in [4.69, 9.17) is 0 Å². The molecule has 90 valence electrons. The number of hydrogen-bond donors (Lipinski definition) is 2. The number of amides is 1. The highest BCUT2D eigenvalue weighted by molar-refractivity contribution is 5.93. The molecule has 1 atom stereocenters. The first-order valence-electron chi connectivity index (χ1n) is 5.66. The van der Waals surface area contributed by atoms with Crippen molar-refractivity contribution in [1.29, 1.82) is 0 Å². The summed E-state index contributed by atoms with van der Waals surface area (Å²) in [4.78, 5) is 22.3. The van der Waals surface area contributed by atoms with Crippen LogP contribution in [0, 0.1) is 17.7 Å². The van der Waals surface area contributed by atoms with Gasteiger partial charge in [0.05, 0.1) is 5.92 Å². The van der Waals surface area contributed by atoms with Crippen molar-refractivity contribution in [2.45, 2.75) is 13.3 Å². The molecule has 1 fully saturated rings. The van der Waals surface area contributed by atoms with E-state index in [1.807, 2.05) is 0 Å². The molecule has 1 aliphatic heterocycles. The molecule has 1 amide bonds. The van der Waals surface area contributed by atoms with Crippen molar-refractivity contribution in [3.05, 3.63) is 28.7 Å². The molecule has 1 heterocycles. The molecule has 1 unspecified atom stereocenters. The van der Waals surface area contributed by atoms with Crippen LogP contribution in [0.1, 0.15) is 12.0 Å². The van der Waals surface area contributed by atoms with E-state index >= 15 is 0 Å². The number of carbonyl (C=O) groups excluding carboxylic acids is 1. The molecule has 0 radical (unpaired) electrons. The Bertz CT molecular complexity index is 439. The fraction of sp³-hybridized carbons (Fsp3) is 0.417. The molecule has 0 saturated carbocycles. The predicted molar refractivity (Wildman–Crippen MR) is 66.2 cm³/mol. The van der Waals surface area contributed by atoms with E-state index in [2.05, 4.69) is 15.8 Å². The van der Waals surface area contributed by atoms with Gasteiger partial charge in [0.2, 0.25) is 5.91 Å². The van der Waals surface area contributed by atoms with Gasteiger partial charge in [-0.05, 0) is 48.8 Å². The summed E-state index contributed by atoms with van der Waals surface area (Å²) in [5, 5.41) is 8.90. The van der Waals surface area contributed by atoms with E-state index in [1.165, 1.54) is 0 Å². The molecule has 5 heteroatoms. The number of anilines is 1. The molecular weight excluding hydrogens is 218 g/mol. The zero-order valence-electron chi connectivity index (χ0n) is 9.69. The van der Waals surface area contributed by atoms with Crippen LogP contribution in [0.4, 0.5) is 11.4 Å². The lowest BCUT2D eigenvalue weighted by Gasteiger charge is -2.10. The van der Waals surface area contributed by atoms with Gasteiger partial charge in [0, 0.05) is 12.2 Å². The molecule has 2 N–H and O–H groups in total. The van der Waals surface area contributed by atoms with Gasteiger partial charge in [0.15, 0.2) is 0 Å². The summed E-state index contributed by atoms with van der Waals surface area (Å²) < 4.78 is 0. The topological polar surface area (TPSA) is 70.6 Å². The molecule has 0 aromatic heterocycles. The summed E-state index contributed by atoms with van der Waals surface area (Å²) >= 11 is 0. The molecule has 1 saturated heterocycles. The molecule has 1 aromatic rings. The van der Waals surface area contributed by atoms with Crippen LogP contribution >= 0.6 is 0 Å². The van der Waals surface area contributed by atoms with Crippen molar-refractivity contribution in [3.63, 3.8) is 0 Å². The summed E-state index contributed by atoms with van der Waals surface area (Å²) in [7, 11) is 0. The van der Waals surface area contributed by atoms with Gasteiger partial charge in [-0.1, -0.05) is 0 Å². The minimum absolute atomic E-state index is 0.0289. The van der Waals surface area contributed by atoms with Crippen molar-refractivity contribution < 1.29 is 4.79 Å². The molecular formula is C12H15N3O2. The third kappa shape index (κ3) is 2.68. The number of nitroso groups, excluding NO2 is 1. The smallest absolute Gasteiger partial charge is 0.228 e. The SMILES string of the molecule is Cc1cc(NC(=O)C2CCNC2)ccc1N=O. The third-order valence-corrected chi connectivity index (χ3v) is 2.99. The molecule has 17 heavy (non-hydrogen) atoms. The normalized spacial score (nSPS) is 19.0. The van der Waals surface area contributed by atoms with Gasteiger partial charge in [-0.2, -0.15) is 0 Å². The maximum absolute atomic E-state index is 11.8. The number of nitrogens with zero attached hydrogens (tertiary/aromatic N) is 1. The minimum Gasteiger partial charge on any atom is -0.326 e. The Hall–Kier alpha value is -1.75. The van der Waals surface area contributed by atoms with Crippen LogP contribution in [-0.4, -0.2) is 19.0 Å². The van der Waals surface area contributed by atoms with Crippen molar-refractivity contribution in [1.82, 2.24) is 5.32 Å². The van der Waals surface area contributed by atoms with E-state index < -0.39 is 0 Å². The number of hydrogen-bond acceptors (Lipinski definition) is 4. The number of nitrogens with one attached hydrogen (secondary N) is 2. The van der Waals surface area contributed by atoms with Gasteiger partial charge in [-0.3, -0.25) is 4.79 Å².